The van der Waals surface area contributed by atoms with Crippen LogP contribution in [0.4, 0.5) is 13.2 Å². The molecule has 1 saturated heterocycles. The first-order valence-electron chi connectivity index (χ1n) is 8.06. The van der Waals surface area contributed by atoms with Gasteiger partial charge in [-0.05, 0) is 44.3 Å². The average molecular weight is 343 g/mol. The van der Waals surface area contributed by atoms with Crippen LogP contribution in [-0.4, -0.2) is 44.1 Å². The lowest BCUT2D eigenvalue weighted by molar-refractivity contribution is -0.128. The minimum absolute atomic E-state index is 0.242. The summed E-state index contributed by atoms with van der Waals surface area (Å²) in [6.07, 6.45) is 0.507. The Morgan fingerprint density at radius 1 is 1.29 bits per heavy atom. The third kappa shape index (κ3) is 4.34. The number of rotatable bonds is 5. The minimum atomic E-state index is -4.32. The molecule has 3 heterocycles. The van der Waals surface area contributed by atoms with E-state index in [4.69, 9.17) is 4.52 Å². The summed E-state index contributed by atoms with van der Waals surface area (Å²) >= 11 is 0. The molecular weight excluding hydrogens is 323 g/mol. The molecule has 2 aromatic rings. The third-order valence-electron chi connectivity index (χ3n) is 4.26. The molecule has 0 aromatic carbocycles. The fourth-order valence-corrected chi connectivity index (χ4v) is 2.98. The van der Waals surface area contributed by atoms with Crippen LogP contribution in [0.5, 0.6) is 0 Å². The maximum atomic E-state index is 12.3. The average Bonchev–Trinajstić information content (AvgIpc) is 3.16. The smallest absolute Gasteiger partial charge is 0.338 e. The standard InChI is InChI=1S/C15H20F3N5O/c1-2-23-9-12(8-19-23)11-3-5-22(6-4-11)10-14-20-13(21-24-14)7-15(16,17)18/h8-9,11H,2-7,10H2,1H3. The summed E-state index contributed by atoms with van der Waals surface area (Å²) in [6, 6.07) is 0. The quantitative estimate of drug-likeness (QED) is 0.835. The highest BCUT2D eigenvalue weighted by Gasteiger charge is 2.31. The lowest BCUT2D eigenvalue weighted by Crippen LogP contribution is -2.32. The van der Waals surface area contributed by atoms with Crippen molar-refractivity contribution in [1.29, 1.82) is 0 Å². The van der Waals surface area contributed by atoms with Crippen molar-refractivity contribution in [3.8, 4) is 0 Å². The fraction of sp³-hybridized carbons (Fsp3) is 0.667. The molecule has 132 valence electrons. The van der Waals surface area contributed by atoms with E-state index in [9.17, 15) is 13.2 Å². The molecule has 0 N–H and O–H groups in total. The zero-order valence-corrected chi connectivity index (χ0v) is 13.5. The first-order chi connectivity index (χ1) is 11.4. The molecule has 0 aliphatic carbocycles. The van der Waals surface area contributed by atoms with Gasteiger partial charge in [-0.15, -0.1) is 0 Å². The molecule has 1 aliphatic rings. The van der Waals surface area contributed by atoms with Crippen molar-refractivity contribution < 1.29 is 17.7 Å². The molecule has 1 aliphatic heterocycles. The van der Waals surface area contributed by atoms with Crippen molar-refractivity contribution in [1.82, 2.24) is 24.8 Å². The van der Waals surface area contributed by atoms with Crippen LogP contribution in [0, 0.1) is 0 Å². The molecule has 2 aromatic heterocycles. The lowest BCUT2D eigenvalue weighted by atomic mass is 9.91. The highest BCUT2D eigenvalue weighted by atomic mass is 19.4. The number of alkyl halides is 3. The molecular formula is C15H20F3N5O. The van der Waals surface area contributed by atoms with E-state index >= 15 is 0 Å². The van der Waals surface area contributed by atoms with Gasteiger partial charge in [0.15, 0.2) is 5.82 Å². The van der Waals surface area contributed by atoms with Crippen molar-refractivity contribution in [2.24, 2.45) is 0 Å². The summed E-state index contributed by atoms with van der Waals surface area (Å²) in [5.41, 5.74) is 1.25. The number of aryl methyl sites for hydroxylation is 1. The van der Waals surface area contributed by atoms with Gasteiger partial charge in [-0.3, -0.25) is 9.58 Å². The Balaban J connectivity index is 1.50. The Morgan fingerprint density at radius 3 is 2.67 bits per heavy atom. The van der Waals surface area contributed by atoms with Gasteiger partial charge in [0.25, 0.3) is 0 Å². The van der Waals surface area contributed by atoms with Crippen LogP contribution in [0.1, 0.15) is 43.0 Å². The van der Waals surface area contributed by atoms with Crippen LogP contribution in [0.3, 0.4) is 0 Å². The monoisotopic (exact) mass is 343 g/mol. The van der Waals surface area contributed by atoms with Gasteiger partial charge < -0.3 is 4.52 Å². The van der Waals surface area contributed by atoms with Crippen molar-refractivity contribution in [3.63, 3.8) is 0 Å². The summed E-state index contributed by atoms with van der Waals surface area (Å²) in [7, 11) is 0. The molecule has 9 heteroatoms. The van der Waals surface area contributed by atoms with Crippen LogP contribution in [-0.2, 0) is 19.5 Å². The van der Waals surface area contributed by atoms with E-state index in [2.05, 4.69) is 33.3 Å². The molecule has 0 bridgehead atoms. The van der Waals surface area contributed by atoms with Crippen molar-refractivity contribution in [2.45, 2.75) is 51.4 Å². The predicted molar refractivity (Wildman–Crippen MR) is 79.2 cm³/mol. The van der Waals surface area contributed by atoms with Gasteiger partial charge >= 0.3 is 6.18 Å². The van der Waals surface area contributed by atoms with Gasteiger partial charge in [0.2, 0.25) is 5.89 Å². The van der Waals surface area contributed by atoms with E-state index in [0.717, 1.165) is 32.5 Å². The predicted octanol–water partition coefficient (Wildman–Crippen LogP) is 2.77. The number of piperidine rings is 1. The normalized spacial score (nSPS) is 17.5. The largest absolute Gasteiger partial charge is 0.396 e. The summed E-state index contributed by atoms with van der Waals surface area (Å²) < 4.78 is 43.8. The van der Waals surface area contributed by atoms with Gasteiger partial charge in [0.05, 0.1) is 12.7 Å². The van der Waals surface area contributed by atoms with Gasteiger partial charge in [0, 0.05) is 12.7 Å². The first kappa shape index (κ1) is 16.9. The third-order valence-corrected chi connectivity index (χ3v) is 4.26. The zero-order chi connectivity index (χ0) is 17.2. The van der Waals surface area contributed by atoms with Crippen molar-refractivity contribution in [3.05, 3.63) is 29.7 Å². The molecule has 24 heavy (non-hydrogen) atoms. The van der Waals surface area contributed by atoms with E-state index in [-0.39, 0.29) is 11.7 Å². The van der Waals surface area contributed by atoms with Crippen LogP contribution < -0.4 is 0 Å². The van der Waals surface area contributed by atoms with Crippen LogP contribution in [0.15, 0.2) is 16.9 Å². The Hall–Kier alpha value is -1.90. The summed E-state index contributed by atoms with van der Waals surface area (Å²) in [6.45, 7) is 5.00. The van der Waals surface area contributed by atoms with Gasteiger partial charge in [-0.25, -0.2) is 0 Å². The molecule has 3 rings (SSSR count). The lowest BCUT2D eigenvalue weighted by Gasteiger charge is -2.30. The molecule has 6 nitrogen and oxygen atoms in total. The molecule has 0 unspecified atom stereocenters. The topological polar surface area (TPSA) is 60.0 Å². The van der Waals surface area contributed by atoms with Gasteiger partial charge in [-0.1, -0.05) is 5.16 Å². The maximum absolute atomic E-state index is 12.3. The summed E-state index contributed by atoms with van der Waals surface area (Å²) in [4.78, 5) is 5.96. The second-order valence-electron chi connectivity index (χ2n) is 6.08. The van der Waals surface area contributed by atoms with Crippen LogP contribution in [0.2, 0.25) is 0 Å². The minimum Gasteiger partial charge on any atom is -0.338 e. The second-order valence-corrected chi connectivity index (χ2v) is 6.08. The SMILES string of the molecule is CCn1cc(C2CCN(Cc3nc(CC(F)(F)F)no3)CC2)cn1. The first-order valence-corrected chi connectivity index (χ1v) is 8.06. The van der Waals surface area contributed by atoms with Crippen molar-refractivity contribution in [2.75, 3.05) is 13.1 Å². The maximum Gasteiger partial charge on any atom is 0.396 e. The highest BCUT2D eigenvalue weighted by Crippen LogP contribution is 2.28. The van der Waals surface area contributed by atoms with Crippen molar-refractivity contribution >= 4 is 0 Å². The van der Waals surface area contributed by atoms with E-state index in [1.165, 1.54) is 5.56 Å². The molecule has 0 radical (unpaired) electrons. The molecule has 1 fully saturated rings. The number of nitrogens with zero attached hydrogens (tertiary/aromatic N) is 5. The number of halogens is 3. The van der Waals surface area contributed by atoms with Crippen LogP contribution >= 0.6 is 0 Å². The number of likely N-dealkylation sites (tertiary alicyclic amines) is 1. The number of hydrogen-bond acceptors (Lipinski definition) is 5. The summed E-state index contributed by atoms with van der Waals surface area (Å²) in [5, 5.41) is 7.70. The Morgan fingerprint density at radius 2 is 2.04 bits per heavy atom. The van der Waals surface area contributed by atoms with E-state index in [0.29, 0.717) is 12.5 Å². The summed E-state index contributed by atoms with van der Waals surface area (Å²) in [5.74, 6) is 0.413. The van der Waals surface area contributed by atoms with Gasteiger partial charge in [0.1, 0.15) is 6.42 Å². The van der Waals surface area contributed by atoms with Gasteiger partial charge in [-0.2, -0.15) is 23.3 Å². The fourth-order valence-electron chi connectivity index (χ4n) is 2.98. The second kappa shape index (κ2) is 6.92. The Kier molecular flexibility index (Phi) is 4.88. The number of aromatic nitrogens is 4. The van der Waals surface area contributed by atoms with E-state index in [1.807, 2.05) is 10.9 Å². The van der Waals surface area contributed by atoms with E-state index in [1.54, 1.807) is 0 Å². The zero-order valence-electron chi connectivity index (χ0n) is 13.5. The molecule has 0 spiro atoms. The highest BCUT2D eigenvalue weighted by molar-refractivity contribution is 5.12. The Bertz CT molecular complexity index is 658. The molecule has 0 atom stereocenters. The van der Waals surface area contributed by atoms with Crippen LogP contribution in [0.25, 0.3) is 0 Å². The molecule has 0 saturated carbocycles. The number of hydrogen-bond donors (Lipinski definition) is 0. The van der Waals surface area contributed by atoms with E-state index < -0.39 is 12.6 Å². The molecule has 0 amide bonds. The Labute approximate surface area is 137 Å².